The van der Waals surface area contributed by atoms with Crippen molar-refractivity contribution in [2.45, 2.75) is 11.9 Å². The van der Waals surface area contributed by atoms with Crippen molar-refractivity contribution in [1.82, 2.24) is 10.3 Å². The maximum absolute atomic E-state index is 12.6. The van der Waals surface area contributed by atoms with Crippen LogP contribution in [0, 0.1) is 0 Å². The lowest BCUT2D eigenvalue weighted by atomic mass is 10.0. The molecule has 1 aliphatic heterocycles. The molecule has 5 rings (SSSR count). The highest BCUT2D eigenvalue weighted by Gasteiger charge is 2.32. The van der Waals surface area contributed by atoms with Gasteiger partial charge in [0.1, 0.15) is 11.1 Å². The number of thioether (sulfide) groups is 1. The fourth-order valence-electron chi connectivity index (χ4n) is 4.12. The van der Waals surface area contributed by atoms with E-state index in [9.17, 15) is 14.7 Å². The predicted octanol–water partition coefficient (Wildman–Crippen LogP) is 5.08. The molecule has 6 nitrogen and oxygen atoms in total. The standard InChI is InChI=1S/C28H23N3O3S/c32-25-15-14-20-8-4-5-9-23(20)24(25)16-29-30-27(34)21-10-12-22(13-11-21)28-31(26(33)18-35-28)17-19-6-2-1-3-7-19/h1-16,28,32H,17-18H2,(H,30,34)/b29-16-/t28-/m0/s1. The Kier molecular flexibility index (Phi) is 6.50. The second kappa shape index (κ2) is 10.0. The molecule has 1 atom stereocenters. The van der Waals surface area contributed by atoms with Gasteiger partial charge in [0.25, 0.3) is 5.91 Å². The number of hydrogen-bond donors (Lipinski definition) is 2. The quantitative estimate of drug-likeness (QED) is 0.297. The van der Waals surface area contributed by atoms with Gasteiger partial charge < -0.3 is 10.0 Å². The van der Waals surface area contributed by atoms with Gasteiger partial charge in [-0.1, -0.05) is 72.8 Å². The molecule has 1 aliphatic rings. The molecule has 174 valence electrons. The number of fused-ring (bicyclic) bond motifs is 1. The van der Waals surface area contributed by atoms with E-state index in [2.05, 4.69) is 10.5 Å². The van der Waals surface area contributed by atoms with Gasteiger partial charge in [-0.05, 0) is 40.1 Å². The van der Waals surface area contributed by atoms with Crippen LogP contribution in [0.5, 0.6) is 5.75 Å². The Balaban J connectivity index is 1.27. The van der Waals surface area contributed by atoms with Crippen LogP contribution in [0.2, 0.25) is 0 Å². The van der Waals surface area contributed by atoms with Crippen molar-refractivity contribution in [2.24, 2.45) is 5.10 Å². The van der Waals surface area contributed by atoms with E-state index in [1.807, 2.05) is 77.7 Å². The number of carbonyl (C=O) groups excluding carboxylic acids is 2. The first-order chi connectivity index (χ1) is 17.1. The van der Waals surface area contributed by atoms with Crippen LogP contribution in [-0.2, 0) is 11.3 Å². The predicted molar refractivity (Wildman–Crippen MR) is 139 cm³/mol. The number of hydrazone groups is 1. The highest BCUT2D eigenvalue weighted by atomic mass is 32.2. The normalized spacial score (nSPS) is 15.7. The van der Waals surface area contributed by atoms with Crippen LogP contribution in [0.25, 0.3) is 10.8 Å². The van der Waals surface area contributed by atoms with E-state index in [1.165, 1.54) is 6.21 Å². The van der Waals surface area contributed by atoms with E-state index < -0.39 is 0 Å². The molecule has 0 radical (unpaired) electrons. The summed E-state index contributed by atoms with van der Waals surface area (Å²) in [6.45, 7) is 0.551. The van der Waals surface area contributed by atoms with E-state index in [0.29, 0.717) is 23.4 Å². The summed E-state index contributed by atoms with van der Waals surface area (Å²) in [5.74, 6) is 0.283. The monoisotopic (exact) mass is 481 g/mol. The minimum Gasteiger partial charge on any atom is -0.507 e. The van der Waals surface area contributed by atoms with Gasteiger partial charge in [0, 0.05) is 17.7 Å². The number of aromatic hydroxyl groups is 1. The van der Waals surface area contributed by atoms with E-state index in [1.54, 1.807) is 30.0 Å². The first-order valence-electron chi connectivity index (χ1n) is 11.2. The van der Waals surface area contributed by atoms with Gasteiger partial charge in [-0.25, -0.2) is 5.43 Å². The summed E-state index contributed by atoms with van der Waals surface area (Å²) in [7, 11) is 0. The first kappa shape index (κ1) is 22.7. The summed E-state index contributed by atoms with van der Waals surface area (Å²) < 4.78 is 0. The topological polar surface area (TPSA) is 82.0 Å². The van der Waals surface area contributed by atoms with Crippen LogP contribution in [0.4, 0.5) is 0 Å². The number of carbonyl (C=O) groups is 2. The van der Waals surface area contributed by atoms with E-state index >= 15 is 0 Å². The van der Waals surface area contributed by atoms with Gasteiger partial charge in [-0.15, -0.1) is 11.8 Å². The largest absolute Gasteiger partial charge is 0.507 e. The van der Waals surface area contributed by atoms with Gasteiger partial charge in [-0.3, -0.25) is 9.59 Å². The molecule has 0 saturated carbocycles. The fraction of sp³-hybridized carbons (Fsp3) is 0.107. The maximum atomic E-state index is 12.6. The van der Waals surface area contributed by atoms with Crippen LogP contribution >= 0.6 is 11.8 Å². The Labute approximate surface area is 207 Å². The molecule has 0 bridgehead atoms. The third-order valence-corrected chi connectivity index (χ3v) is 7.19. The molecular formula is C28H23N3O3S. The molecule has 35 heavy (non-hydrogen) atoms. The van der Waals surface area contributed by atoms with Gasteiger partial charge in [0.05, 0.1) is 12.0 Å². The zero-order valence-electron chi connectivity index (χ0n) is 18.8. The zero-order valence-corrected chi connectivity index (χ0v) is 19.6. The van der Waals surface area contributed by atoms with Crippen molar-refractivity contribution in [3.8, 4) is 5.75 Å². The van der Waals surface area contributed by atoms with Gasteiger partial charge in [0.15, 0.2) is 0 Å². The molecular weight excluding hydrogens is 458 g/mol. The number of nitrogens with one attached hydrogen (secondary N) is 1. The zero-order chi connectivity index (χ0) is 24.2. The molecule has 4 aromatic rings. The number of benzene rings is 4. The summed E-state index contributed by atoms with van der Waals surface area (Å²) in [4.78, 5) is 27.0. The van der Waals surface area contributed by atoms with Crippen molar-refractivity contribution < 1.29 is 14.7 Å². The molecule has 0 aromatic heterocycles. The Morgan fingerprint density at radius 3 is 2.54 bits per heavy atom. The number of phenolic OH excluding ortho intramolecular Hbond substituents is 1. The second-order valence-electron chi connectivity index (χ2n) is 8.21. The van der Waals surface area contributed by atoms with Crippen molar-refractivity contribution in [3.05, 3.63) is 113 Å². The minimum absolute atomic E-state index is 0.0906. The molecule has 1 heterocycles. The average molecular weight is 482 g/mol. The van der Waals surface area contributed by atoms with Crippen molar-refractivity contribution >= 4 is 40.6 Å². The minimum atomic E-state index is -0.358. The Morgan fingerprint density at radius 2 is 1.74 bits per heavy atom. The van der Waals surface area contributed by atoms with E-state index in [4.69, 9.17) is 0 Å². The molecule has 0 spiro atoms. The van der Waals surface area contributed by atoms with Crippen molar-refractivity contribution in [2.75, 3.05) is 5.75 Å². The van der Waals surface area contributed by atoms with Gasteiger partial charge in [-0.2, -0.15) is 5.10 Å². The molecule has 4 aromatic carbocycles. The van der Waals surface area contributed by atoms with Crippen LogP contribution in [0.15, 0.2) is 96.1 Å². The Hall–Kier alpha value is -4.10. The first-order valence-corrected chi connectivity index (χ1v) is 12.2. The Morgan fingerprint density at radius 1 is 1.00 bits per heavy atom. The number of amides is 2. The number of rotatable bonds is 6. The summed E-state index contributed by atoms with van der Waals surface area (Å²) in [6.07, 6.45) is 1.45. The van der Waals surface area contributed by atoms with Gasteiger partial charge in [0.2, 0.25) is 5.91 Å². The molecule has 2 amide bonds. The van der Waals surface area contributed by atoms with E-state index in [0.717, 1.165) is 21.9 Å². The lowest BCUT2D eigenvalue weighted by Crippen LogP contribution is -2.27. The SMILES string of the molecule is O=C(N/N=C\c1c(O)ccc2ccccc12)c1ccc([C@@H]2SCC(=O)N2Cc2ccccc2)cc1. The third-order valence-electron chi connectivity index (χ3n) is 5.93. The average Bonchev–Trinajstić information content (AvgIpc) is 3.25. The number of nitrogens with zero attached hydrogens (tertiary/aromatic N) is 2. The van der Waals surface area contributed by atoms with Crippen LogP contribution in [-0.4, -0.2) is 33.8 Å². The summed E-state index contributed by atoms with van der Waals surface area (Å²) in [5, 5.41) is 16.0. The lowest BCUT2D eigenvalue weighted by Gasteiger charge is -2.24. The lowest BCUT2D eigenvalue weighted by molar-refractivity contribution is -0.128. The molecule has 7 heteroatoms. The maximum Gasteiger partial charge on any atom is 0.271 e. The molecule has 0 unspecified atom stereocenters. The summed E-state index contributed by atoms with van der Waals surface area (Å²) >= 11 is 1.59. The molecule has 1 fully saturated rings. The highest BCUT2D eigenvalue weighted by Crippen LogP contribution is 2.39. The van der Waals surface area contributed by atoms with Crippen molar-refractivity contribution in [3.63, 3.8) is 0 Å². The van der Waals surface area contributed by atoms with Crippen LogP contribution in [0.3, 0.4) is 0 Å². The summed E-state index contributed by atoms with van der Waals surface area (Å²) in [6, 6.07) is 28.2. The fourth-order valence-corrected chi connectivity index (χ4v) is 5.31. The highest BCUT2D eigenvalue weighted by molar-refractivity contribution is 8.00. The molecule has 0 aliphatic carbocycles. The smallest absolute Gasteiger partial charge is 0.271 e. The summed E-state index contributed by atoms with van der Waals surface area (Å²) in [5.41, 5.74) is 5.58. The Bertz CT molecular complexity index is 1400. The number of phenols is 1. The third kappa shape index (κ3) is 4.90. The molecule has 2 N–H and O–H groups in total. The number of hydrogen-bond acceptors (Lipinski definition) is 5. The van der Waals surface area contributed by atoms with E-state index in [-0.39, 0.29) is 22.9 Å². The van der Waals surface area contributed by atoms with Crippen LogP contribution in [0.1, 0.15) is 32.4 Å². The van der Waals surface area contributed by atoms with Crippen LogP contribution < -0.4 is 5.43 Å². The second-order valence-corrected chi connectivity index (χ2v) is 9.28. The van der Waals surface area contributed by atoms with Gasteiger partial charge >= 0.3 is 0 Å². The molecule has 1 saturated heterocycles. The van der Waals surface area contributed by atoms with Crippen molar-refractivity contribution in [1.29, 1.82) is 0 Å².